The second-order valence-corrected chi connectivity index (χ2v) is 3.14. The molecule has 1 aliphatic rings. The van der Waals surface area contributed by atoms with Crippen LogP contribution in [-0.2, 0) is 0 Å². The Bertz CT molecular complexity index is 203. The van der Waals surface area contributed by atoms with Crippen LogP contribution in [0, 0.1) is 12.3 Å². The number of rotatable bonds is 2. The fraction of sp³-hybridized carbons (Fsp3) is 0.667. The maximum atomic E-state index is 11.3. The summed E-state index contributed by atoms with van der Waals surface area (Å²) in [7, 11) is 1.70. The lowest BCUT2D eigenvalue weighted by molar-refractivity contribution is 0.201. The Morgan fingerprint density at radius 1 is 1.75 bits per heavy atom. The van der Waals surface area contributed by atoms with Crippen molar-refractivity contribution in [1.82, 2.24) is 10.2 Å². The van der Waals surface area contributed by atoms with Crippen molar-refractivity contribution in [3.05, 3.63) is 0 Å². The summed E-state index contributed by atoms with van der Waals surface area (Å²) in [6.45, 7) is 0.374. The molecule has 1 rings (SSSR count). The molecule has 1 aliphatic carbocycles. The van der Waals surface area contributed by atoms with E-state index in [0.29, 0.717) is 12.6 Å². The number of urea groups is 1. The predicted octanol–water partition coefficient (Wildman–Crippen LogP) is 0.813. The normalized spacial score (nSPS) is 16.0. The number of carbonyl (C=O) groups is 1. The number of nitrogens with one attached hydrogen (secondary N) is 1. The van der Waals surface area contributed by atoms with Crippen molar-refractivity contribution in [3.8, 4) is 12.3 Å². The van der Waals surface area contributed by atoms with E-state index in [9.17, 15) is 4.79 Å². The molecule has 12 heavy (non-hydrogen) atoms. The SMILES string of the molecule is C#CCN(C)C(=O)NC1CCC1. The highest BCUT2D eigenvalue weighted by molar-refractivity contribution is 5.74. The Kier molecular flexibility index (Phi) is 2.98. The monoisotopic (exact) mass is 166 g/mol. The molecule has 0 aromatic rings. The number of hydrogen-bond donors (Lipinski definition) is 1. The molecule has 0 saturated heterocycles. The van der Waals surface area contributed by atoms with Gasteiger partial charge in [0, 0.05) is 13.1 Å². The van der Waals surface area contributed by atoms with Crippen LogP contribution in [0.3, 0.4) is 0 Å². The first-order valence-electron chi connectivity index (χ1n) is 4.19. The summed E-state index contributed by atoms with van der Waals surface area (Å²) in [6, 6.07) is 0.329. The largest absolute Gasteiger partial charge is 0.335 e. The van der Waals surface area contributed by atoms with E-state index in [-0.39, 0.29) is 6.03 Å². The molecule has 3 heteroatoms. The Balaban J connectivity index is 2.22. The molecule has 0 aromatic heterocycles. The quantitative estimate of drug-likeness (QED) is 0.605. The second kappa shape index (κ2) is 4.01. The van der Waals surface area contributed by atoms with Crippen LogP contribution in [0.5, 0.6) is 0 Å². The van der Waals surface area contributed by atoms with Gasteiger partial charge in [-0.15, -0.1) is 6.42 Å². The summed E-state index contributed by atoms with van der Waals surface area (Å²) < 4.78 is 0. The molecule has 1 fully saturated rings. The van der Waals surface area contributed by atoms with Crippen molar-refractivity contribution in [3.63, 3.8) is 0 Å². The van der Waals surface area contributed by atoms with Gasteiger partial charge in [0.15, 0.2) is 0 Å². The minimum absolute atomic E-state index is 0.0577. The Morgan fingerprint density at radius 3 is 2.83 bits per heavy atom. The van der Waals surface area contributed by atoms with Gasteiger partial charge in [-0.2, -0.15) is 0 Å². The third-order valence-electron chi connectivity index (χ3n) is 2.11. The topological polar surface area (TPSA) is 32.3 Å². The van der Waals surface area contributed by atoms with Gasteiger partial charge in [-0.05, 0) is 19.3 Å². The summed E-state index contributed by atoms with van der Waals surface area (Å²) in [6.07, 6.45) is 8.51. The fourth-order valence-corrected chi connectivity index (χ4v) is 1.05. The van der Waals surface area contributed by atoms with Crippen LogP contribution in [0.4, 0.5) is 4.79 Å². The molecule has 2 amide bonds. The Hall–Kier alpha value is -1.17. The van der Waals surface area contributed by atoms with Gasteiger partial charge < -0.3 is 10.2 Å². The third kappa shape index (κ3) is 2.16. The number of carbonyl (C=O) groups excluding carboxylic acids is 1. The van der Waals surface area contributed by atoms with Gasteiger partial charge >= 0.3 is 6.03 Å². The zero-order valence-electron chi connectivity index (χ0n) is 7.34. The van der Waals surface area contributed by atoms with E-state index >= 15 is 0 Å². The fourth-order valence-electron chi connectivity index (χ4n) is 1.05. The average molecular weight is 166 g/mol. The zero-order chi connectivity index (χ0) is 8.97. The molecule has 0 bridgehead atoms. The van der Waals surface area contributed by atoms with E-state index in [4.69, 9.17) is 6.42 Å². The molecular formula is C9H14N2O. The van der Waals surface area contributed by atoms with Gasteiger partial charge in [0.2, 0.25) is 0 Å². The molecule has 0 radical (unpaired) electrons. The standard InChI is InChI=1S/C9H14N2O/c1-3-7-11(2)9(12)10-8-5-4-6-8/h1,8H,4-7H2,2H3,(H,10,12). The summed E-state index contributed by atoms with van der Waals surface area (Å²) >= 11 is 0. The maximum absolute atomic E-state index is 11.3. The lowest BCUT2D eigenvalue weighted by atomic mass is 9.93. The van der Waals surface area contributed by atoms with Gasteiger partial charge in [-0.1, -0.05) is 5.92 Å². The number of amides is 2. The molecule has 66 valence electrons. The smallest absolute Gasteiger partial charge is 0.318 e. The summed E-state index contributed by atoms with van der Waals surface area (Å²) in [4.78, 5) is 12.8. The summed E-state index contributed by atoms with van der Waals surface area (Å²) in [5.41, 5.74) is 0. The molecule has 1 N–H and O–H groups in total. The molecular weight excluding hydrogens is 152 g/mol. The minimum Gasteiger partial charge on any atom is -0.335 e. The van der Waals surface area contributed by atoms with Crippen LogP contribution in [0.15, 0.2) is 0 Å². The molecule has 0 heterocycles. The lowest BCUT2D eigenvalue weighted by Gasteiger charge is -2.28. The van der Waals surface area contributed by atoms with E-state index in [1.54, 1.807) is 7.05 Å². The average Bonchev–Trinajstić information content (AvgIpc) is 1.97. The van der Waals surface area contributed by atoms with Crippen LogP contribution >= 0.6 is 0 Å². The third-order valence-corrected chi connectivity index (χ3v) is 2.11. The lowest BCUT2D eigenvalue weighted by Crippen LogP contribution is -2.45. The first kappa shape index (κ1) is 8.92. The first-order valence-corrected chi connectivity index (χ1v) is 4.19. The van der Waals surface area contributed by atoms with Gasteiger partial charge in [0.25, 0.3) is 0 Å². The highest BCUT2D eigenvalue weighted by atomic mass is 16.2. The van der Waals surface area contributed by atoms with E-state index in [1.807, 2.05) is 0 Å². The van der Waals surface area contributed by atoms with E-state index < -0.39 is 0 Å². The number of nitrogens with zero attached hydrogens (tertiary/aromatic N) is 1. The minimum atomic E-state index is -0.0577. The van der Waals surface area contributed by atoms with E-state index in [1.165, 1.54) is 11.3 Å². The Labute approximate surface area is 73.1 Å². The van der Waals surface area contributed by atoms with Crippen molar-refractivity contribution >= 4 is 6.03 Å². The van der Waals surface area contributed by atoms with Crippen molar-refractivity contribution in [2.24, 2.45) is 0 Å². The molecule has 0 aliphatic heterocycles. The van der Waals surface area contributed by atoms with E-state index in [0.717, 1.165) is 12.8 Å². The number of terminal acetylenes is 1. The van der Waals surface area contributed by atoms with Crippen molar-refractivity contribution in [2.75, 3.05) is 13.6 Å². The van der Waals surface area contributed by atoms with Crippen molar-refractivity contribution < 1.29 is 4.79 Å². The van der Waals surface area contributed by atoms with Crippen LogP contribution < -0.4 is 5.32 Å². The van der Waals surface area contributed by atoms with Crippen LogP contribution in [-0.4, -0.2) is 30.6 Å². The zero-order valence-corrected chi connectivity index (χ0v) is 7.34. The second-order valence-electron chi connectivity index (χ2n) is 3.14. The van der Waals surface area contributed by atoms with Crippen molar-refractivity contribution in [2.45, 2.75) is 25.3 Å². The molecule has 0 unspecified atom stereocenters. The van der Waals surface area contributed by atoms with E-state index in [2.05, 4.69) is 11.2 Å². The highest BCUT2D eigenvalue weighted by Crippen LogP contribution is 2.17. The predicted molar refractivity (Wildman–Crippen MR) is 47.6 cm³/mol. The van der Waals surface area contributed by atoms with Crippen LogP contribution in [0.2, 0.25) is 0 Å². The molecule has 1 saturated carbocycles. The molecule has 0 aromatic carbocycles. The molecule has 0 atom stereocenters. The van der Waals surface area contributed by atoms with Crippen LogP contribution in [0.1, 0.15) is 19.3 Å². The van der Waals surface area contributed by atoms with Crippen molar-refractivity contribution in [1.29, 1.82) is 0 Å². The molecule has 0 spiro atoms. The highest BCUT2D eigenvalue weighted by Gasteiger charge is 2.20. The van der Waals surface area contributed by atoms with Gasteiger partial charge in [-0.25, -0.2) is 4.79 Å². The summed E-state index contributed by atoms with van der Waals surface area (Å²) in [5, 5.41) is 2.89. The first-order chi connectivity index (χ1) is 5.74. The van der Waals surface area contributed by atoms with Crippen LogP contribution in [0.25, 0.3) is 0 Å². The van der Waals surface area contributed by atoms with Gasteiger partial charge in [-0.3, -0.25) is 0 Å². The Morgan fingerprint density at radius 2 is 2.42 bits per heavy atom. The maximum Gasteiger partial charge on any atom is 0.318 e. The number of hydrogen-bond acceptors (Lipinski definition) is 1. The van der Waals surface area contributed by atoms with Gasteiger partial charge in [0.05, 0.1) is 6.54 Å². The van der Waals surface area contributed by atoms with Gasteiger partial charge in [0.1, 0.15) is 0 Å². The molecule has 3 nitrogen and oxygen atoms in total. The summed E-state index contributed by atoms with van der Waals surface area (Å²) in [5.74, 6) is 2.42.